The molecular formula is C29H42F2N12O3. The summed E-state index contributed by atoms with van der Waals surface area (Å²) in [5, 5.41) is 0. The van der Waals surface area contributed by atoms with Gasteiger partial charge in [0.05, 0.1) is 5.56 Å². The zero-order valence-electron chi connectivity index (χ0n) is 26.5. The number of likely N-dealkylation sites (tertiary alicyclic amines) is 1. The van der Waals surface area contributed by atoms with Gasteiger partial charge in [-0.1, -0.05) is 6.08 Å². The lowest BCUT2D eigenvalue weighted by Crippen LogP contribution is -2.49. The molecule has 4 N–H and O–H groups in total. The van der Waals surface area contributed by atoms with E-state index < -0.39 is 12.1 Å². The molecule has 3 amide bonds. The number of nitrogens with two attached hydrogens (primary N) is 2. The van der Waals surface area contributed by atoms with Gasteiger partial charge < -0.3 is 36.0 Å². The van der Waals surface area contributed by atoms with Gasteiger partial charge in [0, 0.05) is 84.0 Å². The van der Waals surface area contributed by atoms with Crippen molar-refractivity contribution in [3.8, 4) is 11.4 Å². The predicted octanol–water partition coefficient (Wildman–Crippen LogP) is 0.674. The molecule has 2 aromatic heterocycles. The molecule has 15 nitrogen and oxygen atoms in total. The van der Waals surface area contributed by atoms with E-state index in [0.717, 1.165) is 6.20 Å². The summed E-state index contributed by atoms with van der Waals surface area (Å²) in [6.07, 6.45) is 3.69. The highest BCUT2D eigenvalue weighted by molar-refractivity contribution is 5.88. The lowest BCUT2D eigenvalue weighted by atomic mass is 9.95. The van der Waals surface area contributed by atoms with Gasteiger partial charge in [-0.15, -0.1) is 0 Å². The fourth-order valence-corrected chi connectivity index (χ4v) is 5.41. The van der Waals surface area contributed by atoms with Crippen LogP contribution in [0.25, 0.3) is 11.4 Å². The first kappa shape index (κ1) is 34.3. The predicted molar refractivity (Wildman–Crippen MR) is 167 cm³/mol. The number of anilines is 3. The second kappa shape index (κ2) is 15.6. The minimum absolute atomic E-state index is 0.0221. The van der Waals surface area contributed by atoms with Crippen LogP contribution < -0.4 is 16.4 Å². The Morgan fingerprint density at radius 3 is 2.30 bits per heavy atom. The molecule has 0 aliphatic carbocycles. The van der Waals surface area contributed by atoms with E-state index in [0.29, 0.717) is 78.0 Å². The Morgan fingerprint density at radius 1 is 0.957 bits per heavy atom. The Kier molecular flexibility index (Phi) is 11.7. The summed E-state index contributed by atoms with van der Waals surface area (Å²) in [4.78, 5) is 67.2. The van der Waals surface area contributed by atoms with Crippen LogP contribution in [0.15, 0.2) is 18.3 Å². The average molecular weight is 645 g/mol. The highest BCUT2D eigenvalue weighted by Gasteiger charge is 2.29. The van der Waals surface area contributed by atoms with Crippen LogP contribution in [-0.2, 0) is 14.4 Å². The highest BCUT2D eigenvalue weighted by atomic mass is 19.3. The molecule has 2 aliphatic heterocycles. The molecule has 4 heterocycles. The topological polar surface area (TPSA) is 184 Å². The van der Waals surface area contributed by atoms with Crippen LogP contribution in [0.4, 0.5) is 26.6 Å². The first-order valence-corrected chi connectivity index (χ1v) is 15.2. The van der Waals surface area contributed by atoms with Crippen LogP contribution in [0.3, 0.4) is 0 Å². The number of halogens is 2. The van der Waals surface area contributed by atoms with E-state index in [1.54, 1.807) is 32.7 Å². The molecule has 0 spiro atoms. The SMILES string of the molecule is CN(C)C/C=C/C(=O)N1CCC(C(=O)N(C)CCCC(=O)N2CCN(c3nc(N)nc(-c4cnc(N)nc4C(F)F)n3)CC2)CC1. The minimum Gasteiger partial charge on any atom is -0.368 e. The first-order chi connectivity index (χ1) is 21.9. The van der Waals surface area contributed by atoms with Gasteiger partial charge in [0.25, 0.3) is 6.43 Å². The Labute approximate surface area is 266 Å². The Balaban J connectivity index is 1.21. The molecule has 2 fully saturated rings. The number of carbonyl (C=O) groups is 3. The quantitative estimate of drug-likeness (QED) is 0.327. The average Bonchev–Trinajstić information content (AvgIpc) is 3.03. The maximum atomic E-state index is 13.6. The molecular weight excluding hydrogens is 602 g/mol. The van der Waals surface area contributed by atoms with Crippen LogP contribution in [0, 0.1) is 5.92 Å². The molecule has 0 atom stereocenters. The zero-order chi connectivity index (χ0) is 33.4. The molecule has 17 heteroatoms. The molecule has 0 bridgehead atoms. The molecule has 46 heavy (non-hydrogen) atoms. The van der Waals surface area contributed by atoms with Crippen molar-refractivity contribution in [3.05, 3.63) is 24.0 Å². The Bertz CT molecular complexity index is 1410. The van der Waals surface area contributed by atoms with E-state index in [2.05, 4.69) is 24.9 Å². The fourth-order valence-electron chi connectivity index (χ4n) is 5.41. The van der Waals surface area contributed by atoms with Crippen molar-refractivity contribution >= 4 is 35.6 Å². The van der Waals surface area contributed by atoms with Crippen LogP contribution in [0.5, 0.6) is 0 Å². The number of aromatic nitrogens is 5. The number of alkyl halides is 2. The molecule has 250 valence electrons. The molecule has 0 saturated carbocycles. The summed E-state index contributed by atoms with van der Waals surface area (Å²) in [6, 6.07) is 0. The van der Waals surface area contributed by atoms with Crippen molar-refractivity contribution in [2.24, 2.45) is 5.92 Å². The van der Waals surface area contributed by atoms with E-state index in [9.17, 15) is 23.2 Å². The standard InChI is InChI=1S/C29H42F2N12O3/c1-39(2)10-4-6-21(44)41-12-8-19(9-13-41)26(46)40(3)11-5-7-22(45)42-14-16-43(17-15-42)29-37-25(36-28(33)38-29)20-18-34-27(32)35-23(20)24(30)31/h4,6,18-19,24H,5,7-17H2,1-3H3,(H2,32,34,35)(H2,33,36,37,38)/b6-4+. The van der Waals surface area contributed by atoms with E-state index >= 15 is 0 Å². The third-order valence-corrected chi connectivity index (χ3v) is 7.99. The van der Waals surface area contributed by atoms with Crippen molar-refractivity contribution in [2.45, 2.75) is 32.1 Å². The maximum Gasteiger partial charge on any atom is 0.281 e. The number of nitrogen functional groups attached to an aromatic ring is 2. The summed E-state index contributed by atoms with van der Waals surface area (Å²) in [5.41, 5.74) is 10.6. The molecule has 2 aliphatic rings. The number of piperidine rings is 1. The smallest absolute Gasteiger partial charge is 0.281 e. The van der Waals surface area contributed by atoms with E-state index in [-0.39, 0.29) is 52.9 Å². The molecule has 4 rings (SSSR count). The van der Waals surface area contributed by atoms with Crippen molar-refractivity contribution in [1.82, 2.24) is 44.5 Å². The number of hydrogen-bond donors (Lipinski definition) is 2. The summed E-state index contributed by atoms with van der Waals surface area (Å²) in [7, 11) is 5.63. The van der Waals surface area contributed by atoms with Gasteiger partial charge >= 0.3 is 0 Å². The monoisotopic (exact) mass is 644 g/mol. The number of hydrogen-bond acceptors (Lipinski definition) is 12. The summed E-state index contributed by atoms with van der Waals surface area (Å²) in [6.45, 7) is 3.86. The van der Waals surface area contributed by atoms with Gasteiger partial charge in [-0.05, 0) is 33.4 Å². The summed E-state index contributed by atoms with van der Waals surface area (Å²) >= 11 is 0. The first-order valence-electron chi connectivity index (χ1n) is 15.2. The number of amides is 3. The fraction of sp³-hybridized carbons (Fsp3) is 0.586. The molecule has 0 unspecified atom stereocenters. The number of nitrogens with zero attached hydrogens (tertiary/aromatic N) is 10. The lowest BCUT2D eigenvalue weighted by molar-refractivity contribution is -0.138. The minimum atomic E-state index is -2.93. The largest absolute Gasteiger partial charge is 0.368 e. The van der Waals surface area contributed by atoms with Gasteiger partial charge in [0.1, 0.15) is 5.69 Å². The van der Waals surface area contributed by atoms with Crippen molar-refractivity contribution in [2.75, 3.05) is 89.9 Å². The molecule has 2 aromatic rings. The zero-order valence-corrected chi connectivity index (χ0v) is 26.5. The lowest BCUT2D eigenvalue weighted by Gasteiger charge is -2.35. The van der Waals surface area contributed by atoms with Crippen molar-refractivity contribution in [1.29, 1.82) is 0 Å². The molecule has 0 radical (unpaired) electrons. The molecule has 2 saturated heterocycles. The number of rotatable bonds is 11. The van der Waals surface area contributed by atoms with Gasteiger partial charge in [0.15, 0.2) is 5.82 Å². The van der Waals surface area contributed by atoms with E-state index in [1.165, 1.54) is 0 Å². The summed E-state index contributed by atoms with van der Waals surface area (Å²) in [5.74, 6) is -0.493. The number of carbonyl (C=O) groups excluding carboxylic acids is 3. The number of piperazine rings is 1. The number of likely N-dealkylation sites (N-methyl/N-ethyl adjacent to an activating group) is 1. The third-order valence-electron chi connectivity index (χ3n) is 7.99. The van der Waals surface area contributed by atoms with Gasteiger partial charge in [-0.3, -0.25) is 14.4 Å². The highest BCUT2D eigenvalue weighted by Crippen LogP contribution is 2.29. The van der Waals surface area contributed by atoms with Crippen LogP contribution in [-0.4, -0.2) is 136 Å². The second-order valence-electron chi connectivity index (χ2n) is 11.6. The molecule has 0 aromatic carbocycles. The third kappa shape index (κ3) is 9.02. The van der Waals surface area contributed by atoms with E-state index in [4.69, 9.17) is 11.5 Å². The van der Waals surface area contributed by atoms with Crippen LogP contribution >= 0.6 is 0 Å². The normalized spacial score (nSPS) is 16.1. The van der Waals surface area contributed by atoms with Crippen molar-refractivity contribution in [3.63, 3.8) is 0 Å². The van der Waals surface area contributed by atoms with E-state index in [1.807, 2.05) is 25.1 Å². The Morgan fingerprint density at radius 2 is 1.65 bits per heavy atom. The van der Waals surface area contributed by atoms with Crippen LogP contribution in [0.1, 0.15) is 37.8 Å². The van der Waals surface area contributed by atoms with Gasteiger partial charge in [0.2, 0.25) is 35.6 Å². The van der Waals surface area contributed by atoms with Crippen molar-refractivity contribution < 1.29 is 23.2 Å². The van der Waals surface area contributed by atoms with Crippen LogP contribution in [0.2, 0.25) is 0 Å². The summed E-state index contributed by atoms with van der Waals surface area (Å²) < 4.78 is 27.2. The maximum absolute atomic E-state index is 13.6. The second-order valence-corrected chi connectivity index (χ2v) is 11.6. The van der Waals surface area contributed by atoms with Gasteiger partial charge in [-0.2, -0.15) is 15.0 Å². The van der Waals surface area contributed by atoms with Gasteiger partial charge in [-0.25, -0.2) is 18.7 Å². The Hall–Kier alpha value is -4.54.